The van der Waals surface area contributed by atoms with Crippen molar-refractivity contribution in [3.05, 3.63) is 72.6 Å². The molecule has 4 aromatic carbocycles. The Morgan fingerprint density at radius 3 is 2.18 bits per heavy atom. The summed E-state index contributed by atoms with van der Waals surface area (Å²) in [5.41, 5.74) is 0.242. The minimum Gasteiger partial charge on any atom is -0.505 e. The predicted molar refractivity (Wildman–Crippen MR) is 178 cm³/mol. The van der Waals surface area contributed by atoms with Crippen LogP contribution in [0.3, 0.4) is 0 Å². The molecule has 0 bridgehead atoms. The van der Waals surface area contributed by atoms with Crippen molar-refractivity contribution in [1.82, 2.24) is 15.0 Å². The molecule has 0 aliphatic carbocycles. The number of hydrogen-bond donors (Lipinski definition) is 7. The Kier molecular flexibility index (Phi) is 12.1. The lowest BCUT2D eigenvalue weighted by molar-refractivity contribution is -0.432. The molecule has 266 valence electrons. The monoisotopic (exact) mass is 761 g/mol. The Bertz CT molecular complexity index is 2180. The number of aromatic carboxylic acids is 1. The van der Waals surface area contributed by atoms with Crippen molar-refractivity contribution in [3.63, 3.8) is 0 Å². The number of carboxylic acids is 1. The lowest BCUT2D eigenvalue weighted by Crippen LogP contribution is -2.11. The average Bonchev–Trinajstić information content (AvgIpc) is 3.10. The number of carboxylic acid groups (broad SMARTS) is 1. The number of fused-ring (bicyclic) bond motifs is 1. The molecule has 7 N–H and O–H groups in total. The third-order valence-corrected chi connectivity index (χ3v) is 8.38. The van der Waals surface area contributed by atoms with Gasteiger partial charge in [-0.3, -0.25) is 4.55 Å². The van der Waals surface area contributed by atoms with Gasteiger partial charge in [0.25, 0.3) is 10.1 Å². The SMILES string of the molecule is CCOc1ccc(Nc2nc(Nc3cc(S(=O)(=O)O)cc4cc(SOOO)c(N=Nc5ccc(SOOO)cc5)c(O)c34)nc(C(=O)O)n2)cc1. The summed E-state index contributed by atoms with van der Waals surface area (Å²) in [4.78, 5) is 23.8. The van der Waals surface area contributed by atoms with Gasteiger partial charge in [0.1, 0.15) is 11.4 Å². The highest BCUT2D eigenvalue weighted by Crippen LogP contribution is 2.47. The molecule has 5 aromatic rings. The zero-order valence-corrected chi connectivity index (χ0v) is 28.0. The lowest BCUT2D eigenvalue weighted by Gasteiger charge is -2.15. The second-order valence-corrected chi connectivity index (χ2v) is 12.5. The Labute approximate surface area is 295 Å². The van der Waals surface area contributed by atoms with Crippen molar-refractivity contribution in [2.24, 2.45) is 10.2 Å². The summed E-state index contributed by atoms with van der Waals surface area (Å²) in [6.45, 7) is 2.27. The lowest BCUT2D eigenvalue weighted by atomic mass is 10.1. The third-order valence-electron chi connectivity index (χ3n) is 6.33. The number of nitrogens with zero attached hydrogens (tertiary/aromatic N) is 5. The van der Waals surface area contributed by atoms with E-state index in [1.54, 1.807) is 36.4 Å². The minimum atomic E-state index is -4.86. The molecule has 0 spiro atoms. The fourth-order valence-corrected chi connectivity index (χ4v) is 5.68. The quantitative estimate of drug-likeness (QED) is 0.0178. The Morgan fingerprint density at radius 1 is 0.882 bits per heavy atom. The van der Waals surface area contributed by atoms with E-state index in [4.69, 9.17) is 15.3 Å². The van der Waals surface area contributed by atoms with Crippen molar-refractivity contribution >= 4 is 85.6 Å². The maximum atomic E-state index is 12.3. The number of phenols is 1. The maximum Gasteiger partial charge on any atom is 0.374 e. The van der Waals surface area contributed by atoms with Gasteiger partial charge >= 0.3 is 5.97 Å². The second kappa shape index (κ2) is 16.7. The number of aromatic nitrogens is 3. The van der Waals surface area contributed by atoms with Crippen molar-refractivity contribution in [1.29, 1.82) is 0 Å². The Morgan fingerprint density at radius 2 is 1.55 bits per heavy atom. The molecule has 51 heavy (non-hydrogen) atoms. The Balaban J connectivity index is 1.61. The maximum absolute atomic E-state index is 12.3. The van der Waals surface area contributed by atoms with E-state index in [0.717, 1.165) is 12.1 Å². The van der Waals surface area contributed by atoms with Gasteiger partial charge in [-0.1, -0.05) is 10.1 Å². The van der Waals surface area contributed by atoms with Crippen LogP contribution in [0.5, 0.6) is 11.5 Å². The van der Waals surface area contributed by atoms with Crippen LogP contribution in [0.2, 0.25) is 0 Å². The van der Waals surface area contributed by atoms with Crippen LogP contribution in [0.1, 0.15) is 17.5 Å². The van der Waals surface area contributed by atoms with E-state index in [-0.39, 0.29) is 38.7 Å². The smallest absolute Gasteiger partial charge is 0.374 e. The summed E-state index contributed by atoms with van der Waals surface area (Å²) in [6, 6.07) is 15.9. The number of anilines is 4. The molecular formula is C28H23N7O13S3. The van der Waals surface area contributed by atoms with Crippen molar-refractivity contribution in [2.75, 3.05) is 17.2 Å². The van der Waals surface area contributed by atoms with Crippen LogP contribution in [0.15, 0.2) is 91.6 Å². The van der Waals surface area contributed by atoms with Crippen LogP contribution in [-0.2, 0) is 28.9 Å². The topological polar surface area (TPSA) is 286 Å². The van der Waals surface area contributed by atoms with E-state index in [0.29, 0.717) is 47.0 Å². The van der Waals surface area contributed by atoms with Crippen LogP contribution < -0.4 is 15.4 Å². The van der Waals surface area contributed by atoms with Gasteiger partial charge in [-0.25, -0.2) is 15.3 Å². The normalized spacial score (nSPS) is 11.6. The first-order chi connectivity index (χ1) is 24.5. The number of rotatable bonds is 16. The Hall–Kier alpha value is -5.21. The van der Waals surface area contributed by atoms with Gasteiger partial charge in [0.2, 0.25) is 17.7 Å². The summed E-state index contributed by atoms with van der Waals surface area (Å²) in [5, 5.41) is 59.2. The number of hydrogen-bond acceptors (Lipinski definition) is 20. The first-order valence-electron chi connectivity index (χ1n) is 13.9. The van der Waals surface area contributed by atoms with Gasteiger partial charge in [0.15, 0.2) is 5.75 Å². The summed E-state index contributed by atoms with van der Waals surface area (Å²) in [6.07, 6.45) is 0. The number of phenolic OH excluding ortho intramolecular Hbond substituents is 1. The third kappa shape index (κ3) is 9.52. The van der Waals surface area contributed by atoms with Crippen LogP contribution >= 0.6 is 24.1 Å². The van der Waals surface area contributed by atoms with E-state index >= 15 is 0 Å². The molecular weight excluding hydrogens is 739 g/mol. The van der Waals surface area contributed by atoms with E-state index in [9.17, 15) is 28.0 Å². The molecule has 0 saturated carbocycles. The minimum absolute atomic E-state index is 0.0270. The van der Waals surface area contributed by atoms with Crippen molar-refractivity contribution in [3.8, 4) is 11.5 Å². The number of benzene rings is 4. The summed E-state index contributed by atoms with van der Waals surface area (Å²) in [5.74, 6) is -2.88. The fraction of sp³-hybridized carbons (Fsp3) is 0.0714. The molecule has 0 aliphatic heterocycles. The van der Waals surface area contributed by atoms with E-state index in [1.165, 1.54) is 18.2 Å². The molecule has 0 amide bonds. The predicted octanol–water partition coefficient (Wildman–Crippen LogP) is 6.83. The summed E-state index contributed by atoms with van der Waals surface area (Å²) < 4.78 is 48.8. The molecule has 0 radical (unpaired) electrons. The first-order valence-corrected chi connectivity index (χ1v) is 16.8. The zero-order valence-electron chi connectivity index (χ0n) is 25.5. The van der Waals surface area contributed by atoms with Crippen molar-refractivity contribution < 1.29 is 62.0 Å². The van der Waals surface area contributed by atoms with Crippen LogP contribution in [-0.4, -0.2) is 61.2 Å². The molecule has 0 unspecified atom stereocenters. The van der Waals surface area contributed by atoms with Crippen molar-refractivity contribution in [2.45, 2.75) is 21.6 Å². The van der Waals surface area contributed by atoms with Crippen LogP contribution in [0, 0.1) is 0 Å². The summed E-state index contributed by atoms with van der Waals surface area (Å²) in [7, 11) is -4.86. The zero-order chi connectivity index (χ0) is 36.5. The number of ether oxygens (including phenoxy) is 1. The van der Waals surface area contributed by atoms with Gasteiger partial charge in [-0.15, -0.1) is 13.8 Å². The van der Waals surface area contributed by atoms with Crippen LogP contribution in [0.25, 0.3) is 10.8 Å². The molecule has 5 rings (SSSR count). The standard InChI is InChI=1S/C28H23N7O13S3/c1-2-44-17-7-3-15(4-8-17)29-27-31-25(26(37)38)32-28(33-27)30-20-13-19(51(41,42)43)11-14-12-21(50-48-46-40)23(24(36)22(14)20)35-34-16-5-9-18(10-6-16)49-47-45-39/h3-13,36,39-40H,2H2,1H3,(H,37,38)(H,41,42,43)(H2,29,30,31,32,33). The summed E-state index contributed by atoms with van der Waals surface area (Å²) >= 11 is 1.07. The van der Waals surface area contributed by atoms with Gasteiger partial charge in [-0.05, 0) is 79.0 Å². The molecule has 0 atom stereocenters. The molecule has 23 heteroatoms. The largest absolute Gasteiger partial charge is 0.505 e. The van der Waals surface area contributed by atoms with Gasteiger partial charge < -0.3 is 25.6 Å². The molecule has 0 aliphatic rings. The molecule has 0 fully saturated rings. The highest BCUT2D eigenvalue weighted by atomic mass is 32.2. The van der Waals surface area contributed by atoms with Crippen LogP contribution in [0.4, 0.5) is 34.6 Å². The average molecular weight is 762 g/mol. The number of aromatic hydroxyl groups is 1. The second-order valence-electron chi connectivity index (χ2n) is 9.58. The number of nitrogens with one attached hydrogen (secondary N) is 2. The number of azo groups is 1. The molecule has 0 saturated heterocycles. The highest BCUT2D eigenvalue weighted by molar-refractivity contribution is 7.95. The molecule has 1 heterocycles. The van der Waals surface area contributed by atoms with E-state index < -0.39 is 38.5 Å². The first kappa shape index (κ1) is 37.1. The van der Waals surface area contributed by atoms with Gasteiger partial charge in [0, 0.05) is 16.0 Å². The molecule has 20 nitrogen and oxygen atoms in total. The van der Waals surface area contributed by atoms with Gasteiger partial charge in [-0.2, -0.15) is 28.5 Å². The van der Waals surface area contributed by atoms with E-state index in [2.05, 4.69) is 54.6 Å². The van der Waals surface area contributed by atoms with E-state index in [1.807, 2.05) is 6.92 Å². The van der Waals surface area contributed by atoms with Gasteiger partial charge in [0.05, 0.1) is 51.9 Å². The highest BCUT2D eigenvalue weighted by Gasteiger charge is 2.23. The fourth-order valence-electron chi connectivity index (χ4n) is 4.28. The molecule has 1 aromatic heterocycles. The number of carbonyl (C=O) groups is 1.